The van der Waals surface area contributed by atoms with Gasteiger partial charge in [0.05, 0.1) is 18.2 Å². The molecule has 4 nitrogen and oxygen atoms in total. The summed E-state index contributed by atoms with van der Waals surface area (Å²) < 4.78 is 13.8. The van der Waals surface area contributed by atoms with Crippen LogP contribution in [0.1, 0.15) is 30.5 Å². The van der Waals surface area contributed by atoms with Crippen molar-refractivity contribution in [3.05, 3.63) is 64.4 Å². The zero-order valence-corrected chi connectivity index (χ0v) is 14.2. The summed E-state index contributed by atoms with van der Waals surface area (Å²) in [5.74, 6) is -1.26. The largest absolute Gasteiger partial charge is 0.349 e. The number of rotatable bonds is 5. The van der Waals surface area contributed by atoms with Gasteiger partial charge in [-0.05, 0) is 30.7 Å². The number of anilines is 1. The number of halogens is 2. The summed E-state index contributed by atoms with van der Waals surface area (Å²) in [6.45, 7) is 3.34. The van der Waals surface area contributed by atoms with Gasteiger partial charge in [-0.25, -0.2) is 4.39 Å². The van der Waals surface area contributed by atoms with Crippen LogP contribution in [0.3, 0.4) is 0 Å². The number of carbonyl (C=O) groups excluding carboxylic acids is 2. The highest BCUT2D eigenvalue weighted by Gasteiger charge is 2.18. The molecule has 0 saturated carbocycles. The normalized spacial score (nSPS) is 11.7. The van der Waals surface area contributed by atoms with Crippen molar-refractivity contribution < 1.29 is 14.0 Å². The smallest absolute Gasteiger partial charge is 0.226 e. The van der Waals surface area contributed by atoms with Gasteiger partial charge >= 0.3 is 0 Å². The van der Waals surface area contributed by atoms with Gasteiger partial charge in [0.2, 0.25) is 11.8 Å². The molecule has 2 aromatic rings. The molecule has 2 N–H and O–H groups in total. The zero-order chi connectivity index (χ0) is 17.7. The minimum atomic E-state index is -0.609. The van der Waals surface area contributed by atoms with Crippen molar-refractivity contribution in [3.63, 3.8) is 0 Å². The van der Waals surface area contributed by atoms with Crippen molar-refractivity contribution in [3.8, 4) is 0 Å². The van der Waals surface area contributed by atoms with E-state index in [0.29, 0.717) is 0 Å². The second-order valence-corrected chi connectivity index (χ2v) is 5.98. The first kappa shape index (κ1) is 17.9. The molecule has 0 aliphatic heterocycles. The number of aryl methyl sites for hydroxylation is 1. The Kier molecular flexibility index (Phi) is 5.93. The molecular weight excluding hydrogens is 331 g/mol. The molecule has 2 rings (SSSR count). The summed E-state index contributed by atoms with van der Waals surface area (Å²) in [7, 11) is 0. The topological polar surface area (TPSA) is 58.2 Å². The third kappa shape index (κ3) is 5.06. The molecule has 24 heavy (non-hydrogen) atoms. The Bertz CT molecular complexity index is 747. The van der Waals surface area contributed by atoms with Gasteiger partial charge < -0.3 is 10.6 Å². The lowest BCUT2D eigenvalue weighted by Gasteiger charge is -2.18. The van der Waals surface area contributed by atoms with Gasteiger partial charge in [-0.15, -0.1) is 0 Å². The zero-order valence-electron chi connectivity index (χ0n) is 13.4. The minimum absolute atomic E-state index is 0.00922. The fourth-order valence-corrected chi connectivity index (χ4v) is 2.43. The van der Waals surface area contributed by atoms with Crippen LogP contribution in [0.5, 0.6) is 0 Å². The van der Waals surface area contributed by atoms with E-state index in [1.54, 1.807) is 0 Å². The number of hydrogen-bond donors (Lipinski definition) is 2. The van der Waals surface area contributed by atoms with E-state index in [2.05, 4.69) is 10.6 Å². The molecule has 1 unspecified atom stereocenters. The van der Waals surface area contributed by atoms with Crippen LogP contribution in [0, 0.1) is 12.7 Å². The third-order valence-corrected chi connectivity index (χ3v) is 3.69. The van der Waals surface area contributed by atoms with Gasteiger partial charge in [0.25, 0.3) is 0 Å². The fraction of sp³-hybridized carbons (Fsp3) is 0.222. The molecule has 0 fully saturated rings. The standard InChI is InChI=1S/C18H18ClFN2O2/c1-11-3-5-13(6-4-11)17(21-12(2)23)10-18(24)22-16-8-7-14(19)9-15(16)20/h3-9,17H,10H2,1-2H3,(H,21,23)(H,22,24). The van der Waals surface area contributed by atoms with E-state index in [1.807, 2.05) is 31.2 Å². The number of nitrogens with one attached hydrogen (secondary N) is 2. The summed E-state index contributed by atoms with van der Waals surface area (Å²) >= 11 is 5.69. The minimum Gasteiger partial charge on any atom is -0.349 e. The maximum atomic E-state index is 13.8. The monoisotopic (exact) mass is 348 g/mol. The Morgan fingerprint density at radius 1 is 1.17 bits per heavy atom. The average molecular weight is 349 g/mol. The lowest BCUT2D eigenvalue weighted by Crippen LogP contribution is -2.29. The molecule has 2 amide bonds. The van der Waals surface area contributed by atoms with E-state index in [0.717, 1.165) is 17.2 Å². The van der Waals surface area contributed by atoms with Gasteiger partial charge in [-0.3, -0.25) is 9.59 Å². The highest BCUT2D eigenvalue weighted by Crippen LogP contribution is 2.21. The second-order valence-electron chi connectivity index (χ2n) is 5.54. The van der Waals surface area contributed by atoms with Crippen LogP contribution >= 0.6 is 11.6 Å². The first-order valence-electron chi connectivity index (χ1n) is 7.43. The highest BCUT2D eigenvalue weighted by atomic mass is 35.5. The predicted octanol–water partition coefficient (Wildman–Crippen LogP) is 3.99. The summed E-state index contributed by atoms with van der Waals surface area (Å²) in [5.41, 5.74) is 1.94. The Balaban J connectivity index is 2.12. The molecule has 0 bridgehead atoms. The number of carbonyl (C=O) groups is 2. The lowest BCUT2D eigenvalue weighted by molar-refractivity contribution is -0.120. The number of benzene rings is 2. The van der Waals surface area contributed by atoms with E-state index in [4.69, 9.17) is 11.6 Å². The molecule has 6 heteroatoms. The Morgan fingerprint density at radius 3 is 2.42 bits per heavy atom. The van der Waals surface area contributed by atoms with Crippen LogP contribution in [0.2, 0.25) is 5.02 Å². The Morgan fingerprint density at radius 2 is 1.83 bits per heavy atom. The molecule has 0 radical (unpaired) electrons. The Labute approximate surface area is 145 Å². The van der Waals surface area contributed by atoms with E-state index < -0.39 is 17.8 Å². The SMILES string of the molecule is CC(=O)NC(CC(=O)Nc1ccc(Cl)cc1F)c1ccc(C)cc1. The van der Waals surface area contributed by atoms with Crippen molar-refractivity contribution in [1.82, 2.24) is 5.32 Å². The van der Waals surface area contributed by atoms with Gasteiger partial charge in [-0.2, -0.15) is 0 Å². The fourth-order valence-electron chi connectivity index (χ4n) is 2.27. The van der Waals surface area contributed by atoms with Gasteiger partial charge in [0.1, 0.15) is 5.82 Å². The Hall–Kier alpha value is -2.40. The molecule has 0 aliphatic carbocycles. The third-order valence-electron chi connectivity index (χ3n) is 3.45. The predicted molar refractivity (Wildman–Crippen MR) is 92.4 cm³/mol. The number of hydrogen-bond acceptors (Lipinski definition) is 2. The van der Waals surface area contributed by atoms with E-state index >= 15 is 0 Å². The van der Waals surface area contributed by atoms with Crippen LogP contribution in [-0.4, -0.2) is 11.8 Å². The highest BCUT2D eigenvalue weighted by molar-refractivity contribution is 6.30. The van der Waals surface area contributed by atoms with Crippen LogP contribution in [0.15, 0.2) is 42.5 Å². The molecule has 1 atom stereocenters. The first-order chi connectivity index (χ1) is 11.3. The molecule has 0 heterocycles. The molecule has 126 valence electrons. The van der Waals surface area contributed by atoms with Crippen LogP contribution in [-0.2, 0) is 9.59 Å². The van der Waals surface area contributed by atoms with Gasteiger partial charge in [-0.1, -0.05) is 41.4 Å². The van der Waals surface area contributed by atoms with Crippen molar-refractivity contribution in [2.75, 3.05) is 5.32 Å². The molecular formula is C18H18ClFN2O2. The van der Waals surface area contributed by atoms with Crippen molar-refractivity contribution in [2.45, 2.75) is 26.3 Å². The maximum Gasteiger partial charge on any atom is 0.226 e. The van der Waals surface area contributed by atoms with Crippen molar-refractivity contribution >= 4 is 29.1 Å². The molecule has 2 aromatic carbocycles. The van der Waals surface area contributed by atoms with Crippen LogP contribution < -0.4 is 10.6 Å². The van der Waals surface area contributed by atoms with Gasteiger partial charge in [0.15, 0.2) is 0 Å². The van der Waals surface area contributed by atoms with Gasteiger partial charge in [0, 0.05) is 11.9 Å². The molecule has 0 aliphatic rings. The van der Waals surface area contributed by atoms with E-state index in [-0.39, 0.29) is 23.0 Å². The molecule has 0 aromatic heterocycles. The summed E-state index contributed by atoms with van der Waals surface area (Å²) in [6, 6.07) is 11.0. The number of amides is 2. The quantitative estimate of drug-likeness (QED) is 0.858. The first-order valence-corrected chi connectivity index (χ1v) is 7.81. The van der Waals surface area contributed by atoms with E-state index in [9.17, 15) is 14.0 Å². The summed E-state index contributed by atoms with van der Waals surface area (Å²) in [6.07, 6.45) is -0.00922. The lowest BCUT2D eigenvalue weighted by atomic mass is 10.0. The second kappa shape index (κ2) is 7.93. The molecule has 0 spiro atoms. The summed E-state index contributed by atoms with van der Waals surface area (Å²) in [4.78, 5) is 23.6. The van der Waals surface area contributed by atoms with Crippen molar-refractivity contribution in [2.24, 2.45) is 0 Å². The van der Waals surface area contributed by atoms with E-state index in [1.165, 1.54) is 19.1 Å². The van der Waals surface area contributed by atoms with Crippen LogP contribution in [0.4, 0.5) is 10.1 Å². The maximum absolute atomic E-state index is 13.8. The van der Waals surface area contributed by atoms with Crippen molar-refractivity contribution in [1.29, 1.82) is 0 Å². The molecule has 0 saturated heterocycles. The average Bonchev–Trinajstić information content (AvgIpc) is 2.50. The van der Waals surface area contributed by atoms with Crippen LogP contribution in [0.25, 0.3) is 0 Å². The summed E-state index contributed by atoms with van der Waals surface area (Å²) in [5, 5.41) is 5.49.